The van der Waals surface area contributed by atoms with Gasteiger partial charge in [-0.15, -0.1) is 0 Å². The second kappa shape index (κ2) is 7.76. The van der Waals surface area contributed by atoms with Gasteiger partial charge in [0.15, 0.2) is 5.78 Å². The van der Waals surface area contributed by atoms with Gasteiger partial charge in [0.1, 0.15) is 5.82 Å². The fraction of sp³-hybridized carbons (Fsp3) is 0.476. The van der Waals surface area contributed by atoms with E-state index in [9.17, 15) is 14.0 Å². The number of nitrogens with zero attached hydrogens (tertiary/aromatic N) is 2. The van der Waals surface area contributed by atoms with E-state index in [4.69, 9.17) is 16.3 Å². The van der Waals surface area contributed by atoms with Crippen LogP contribution in [0.2, 0.25) is 5.02 Å². The van der Waals surface area contributed by atoms with Gasteiger partial charge < -0.3 is 9.64 Å². The summed E-state index contributed by atoms with van der Waals surface area (Å²) in [6.07, 6.45) is 1.75. The van der Waals surface area contributed by atoms with E-state index in [1.54, 1.807) is 17.9 Å². The number of Topliss-reactive ketones (excluding diaryl/α,β-unsaturated/α-hetero) is 1. The number of ether oxygens (including phenoxy) is 1. The molecule has 2 heterocycles. The number of morpholine rings is 1. The van der Waals surface area contributed by atoms with Crippen LogP contribution < -0.4 is 0 Å². The Bertz CT molecular complexity index is 869. The second-order valence-electron chi connectivity index (χ2n) is 7.42. The van der Waals surface area contributed by atoms with Gasteiger partial charge in [-0.3, -0.25) is 14.6 Å². The third kappa shape index (κ3) is 3.29. The first-order valence-electron chi connectivity index (χ1n) is 9.61. The fourth-order valence-electron chi connectivity index (χ4n) is 4.43. The number of ketones is 1. The number of halogens is 2. The molecule has 3 aliphatic rings. The molecule has 1 unspecified atom stereocenters. The molecule has 0 bridgehead atoms. The van der Waals surface area contributed by atoms with Crippen molar-refractivity contribution in [1.82, 2.24) is 4.90 Å². The highest BCUT2D eigenvalue weighted by Gasteiger charge is 2.45. The lowest BCUT2D eigenvalue weighted by Crippen LogP contribution is -2.48. The number of aliphatic imine (C=N–C) groups is 1. The Morgan fingerprint density at radius 2 is 2.04 bits per heavy atom. The zero-order valence-corrected chi connectivity index (χ0v) is 16.5. The minimum Gasteiger partial charge on any atom is -0.378 e. The molecule has 5 nitrogen and oxygen atoms in total. The van der Waals surface area contributed by atoms with Crippen LogP contribution in [-0.4, -0.2) is 48.6 Å². The number of amides is 1. The third-order valence-electron chi connectivity index (χ3n) is 5.73. The summed E-state index contributed by atoms with van der Waals surface area (Å²) in [6.45, 7) is 3.66. The van der Waals surface area contributed by atoms with Crippen LogP contribution in [0.5, 0.6) is 0 Å². The minimum atomic E-state index is -0.746. The molecule has 1 amide bonds. The average Bonchev–Trinajstić information content (AvgIpc) is 2.68. The standard InChI is InChI=1S/C21H22ClFN2O3/c1-12-17(21(27)25-8-10-28-11-9-25)20(18-13(22)4-2-5-14(18)23)19-15(24-12)6-3-7-16(19)26/h2,4-5,17,20H,3,6-11H2,1H3/t17?,20-/m0/s1. The first-order valence-corrected chi connectivity index (χ1v) is 9.98. The zero-order valence-electron chi connectivity index (χ0n) is 15.7. The summed E-state index contributed by atoms with van der Waals surface area (Å²) < 4.78 is 20.3. The Balaban J connectivity index is 1.86. The third-order valence-corrected chi connectivity index (χ3v) is 6.06. The van der Waals surface area contributed by atoms with Crippen molar-refractivity contribution in [3.05, 3.63) is 45.9 Å². The predicted molar refractivity (Wildman–Crippen MR) is 104 cm³/mol. The van der Waals surface area contributed by atoms with Gasteiger partial charge in [-0.1, -0.05) is 17.7 Å². The monoisotopic (exact) mass is 404 g/mol. The zero-order chi connectivity index (χ0) is 19.8. The minimum absolute atomic E-state index is 0.0680. The molecule has 0 N–H and O–H groups in total. The molecule has 1 fully saturated rings. The molecule has 28 heavy (non-hydrogen) atoms. The van der Waals surface area contributed by atoms with Crippen LogP contribution in [-0.2, 0) is 14.3 Å². The molecule has 1 aromatic rings. The lowest BCUT2D eigenvalue weighted by Gasteiger charge is -2.38. The first kappa shape index (κ1) is 19.3. The number of rotatable bonds is 2. The molecule has 0 saturated carbocycles. The van der Waals surface area contributed by atoms with Gasteiger partial charge in [0.25, 0.3) is 0 Å². The number of hydrogen-bond donors (Lipinski definition) is 0. The highest BCUT2D eigenvalue weighted by Crippen LogP contribution is 2.46. The molecule has 0 aromatic heterocycles. The fourth-order valence-corrected chi connectivity index (χ4v) is 4.71. The highest BCUT2D eigenvalue weighted by molar-refractivity contribution is 6.31. The van der Waals surface area contributed by atoms with Crippen LogP contribution in [0.4, 0.5) is 4.39 Å². The summed E-state index contributed by atoms with van der Waals surface area (Å²) in [5.41, 5.74) is 1.95. The number of hydrogen-bond acceptors (Lipinski definition) is 4. The molecular formula is C21H22ClFN2O3. The maximum atomic E-state index is 14.9. The molecule has 4 rings (SSSR count). The summed E-state index contributed by atoms with van der Waals surface area (Å²) in [4.78, 5) is 32.6. The Hall–Kier alpha value is -2.05. The van der Waals surface area contributed by atoms with E-state index in [2.05, 4.69) is 4.99 Å². The van der Waals surface area contributed by atoms with Gasteiger partial charge in [0.05, 0.1) is 19.1 Å². The van der Waals surface area contributed by atoms with E-state index in [-0.39, 0.29) is 22.3 Å². The van der Waals surface area contributed by atoms with Crippen molar-refractivity contribution in [3.63, 3.8) is 0 Å². The van der Waals surface area contributed by atoms with E-state index in [0.29, 0.717) is 62.5 Å². The van der Waals surface area contributed by atoms with Crippen molar-refractivity contribution >= 4 is 29.0 Å². The molecule has 1 aromatic carbocycles. The summed E-state index contributed by atoms with van der Waals surface area (Å²) in [7, 11) is 0. The van der Waals surface area contributed by atoms with Crippen LogP contribution in [0, 0.1) is 11.7 Å². The number of carbonyl (C=O) groups excluding carboxylic acids is 2. The van der Waals surface area contributed by atoms with E-state index < -0.39 is 17.7 Å². The van der Waals surface area contributed by atoms with Crippen molar-refractivity contribution in [2.45, 2.75) is 32.1 Å². The SMILES string of the molecule is CC1=NC2=C(C(=O)CCC2)[C@H](c2c(F)cccc2Cl)C1C(=O)N1CCOCC1. The largest absolute Gasteiger partial charge is 0.378 e. The average molecular weight is 405 g/mol. The molecule has 1 saturated heterocycles. The molecular weight excluding hydrogens is 383 g/mol. The summed E-state index contributed by atoms with van der Waals surface area (Å²) in [5, 5.41) is 0.227. The Morgan fingerprint density at radius 1 is 1.29 bits per heavy atom. The van der Waals surface area contributed by atoms with Crippen molar-refractivity contribution in [1.29, 1.82) is 0 Å². The van der Waals surface area contributed by atoms with Gasteiger partial charge in [-0.2, -0.15) is 0 Å². The van der Waals surface area contributed by atoms with Crippen molar-refractivity contribution in [2.75, 3.05) is 26.3 Å². The van der Waals surface area contributed by atoms with Gasteiger partial charge >= 0.3 is 0 Å². The molecule has 0 spiro atoms. The summed E-state index contributed by atoms with van der Waals surface area (Å²) in [6, 6.07) is 4.46. The summed E-state index contributed by atoms with van der Waals surface area (Å²) in [5.74, 6) is -2.21. The maximum absolute atomic E-state index is 14.9. The smallest absolute Gasteiger partial charge is 0.232 e. The molecule has 2 atom stereocenters. The van der Waals surface area contributed by atoms with Crippen LogP contribution in [0.25, 0.3) is 0 Å². The summed E-state index contributed by atoms with van der Waals surface area (Å²) >= 11 is 6.39. The lowest BCUT2D eigenvalue weighted by molar-refractivity contribution is -0.138. The highest BCUT2D eigenvalue weighted by atomic mass is 35.5. The quantitative estimate of drug-likeness (QED) is 0.757. The normalized spacial score (nSPS) is 25.5. The Kier molecular flexibility index (Phi) is 5.34. The van der Waals surface area contributed by atoms with E-state index >= 15 is 0 Å². The molecule has 0 radical (unpaired) electrons. The van der Waals surface area contributed by atoms with Gasteiger partial charge in [-0.25, -0.2) is 4.39 Å². The van der Waals surface area contributed by atoms with Crippen LogP contribution in [0.3, 0.4) is 0 Å². The van der Waals surface area contributed by atoms with Crippen LogP contribution in [0.1, 0.15) is 37.7 Å². The van der Waals surface area contributed by atoms with Crippen molar-refractivity contribution < 1.29 is 18.7 Å². The van der Waals surface area contributed by atoms with Crippen LogP contribution in [0.15, 0.2) is 34.5 Å². The van der Waals surface area contributed by atoms with Crippen molar-refractivity contribution in [3.8, 4) is 0 Å². The van der Waals surface area contributed by atoms with E-state index in [1.165, 1.54) is 12.1 Å². The maximum Gasteiger partial charge on any atom is 0.232 e. The topological polar surface area (TPSA) is 59.0 Å². The number of allylic oxidation sites excluding steroid dienone is 2. The van der Waals surface area contributed by atoms with E-state index in [1.807, 2.05) is 0 Å². The number of carbonyl (C=O) groups is 2. The molecule has 7 heteroatoms. The molecule has 2 aliphatic heterocycles. The van der Waals surface area contributed by atoms with Gasteiger partial charge in [0.2, 0.25) is 5.91 Å². The lowest BCUT2D eigenvalue weighted by atomic mass is 9.71. The first-order chi connectivity index (χ1) is 13.5. The Morgan fingerprint density at radius 3 is 2.75 bits per heavy atom. The second-order valence-corrected chi connectivity index (χ2v) is 7.83. The number of benzene rings is 1. The van der Waals surface area contributed by atoms with E-state index in [0.717, 1.165) is 0 Å². The van der Waals surface area contributed by atoms with Gasteiger partial charge in [-0.05, 0) is 31.9 Å². The molecule has 1 aliphatic carbocycles. The molecule has 148 valence electrons. The van der Waals surface area contributed by atoms with Crippen LogP contribution >= 0.6 is 11.6 Å². The Labute approximate surface area is 168 Å². The van der Waals surface area contributed by atoms with Crippen molar-refractivity contribution in [2.24, 2.45) is 10.9 Å². The predicted octanol–water partition coefficient (Wildman–Crippen LogP) is 3.52. The van der Waals surface area contributed by atoms with Gasteiger partial charge in [0, 0.05) is 53.0 Å².